The Morgan fingerprint density at radius 1 is 1.35 bits per heavy atom. The van der Waals surface area contributed by atoms with Crippen molar-refractivity contribution in [2.24, 2.45) is 0 Å². The van der Waals surface area contributed by atoms with Crippen molar-refractivity contribution in [3.05, 3.63) is 23.7 Å². The molecular weight excluding hydrogens is 218 g/mol. The lowest BCUT2D eigenvalue weighted by Crippen LogP contribution is -2.18. The summed E-state index contributed by atoms with van der Waals surface area (Å²) in [5.74, 6) is 1.36. The maximum Gasteiger partial charge on any atom is 0.443 e. The zero-order valence-corrected chi connectivity index (χ0v) is 9.80. The van der Waals surface area contributed by atoms with Gasteiger partial charge < -0.3 is 19.9 Å². The summed E-state index contributed by atoms with van der Waals surface area (Å²) in [7, 11) is 1.61. The number of methoxy groups -OCH3 is 1. The first-order valence-corrected chi connectivity index (χ1v) is 5.60. The molecule has 0 bridgehead atoms. The maximum atomic E-state index is 8.41. The number of nitrogens with zero attached hydrogens (tertiary/aromatic N) is 3. The van der Waals surface area contributed by atoms with Gasteiger partial charge in [0.1, 0.15) is 5.75 Å². The average molecular weight is 233 g/mol. The van der Waals surface area contributed by atoms with Crippen LogP contribution in [0.25, 0.3) is 5.53 Å². The van der Waals surface area contributed by atoms with Gasteiger partial charge in [0.2, 0.25) is 0 Å². The molecule has 0 amide bonds. The van der Waals surface area contributed by atoms with Gasteiger partial charge in [0.25, 0.3) is 0 Å². The number of ether oxygens (including phenoxy) is 2. The second-order valence-corrected chi connectivity index (χ2v) is 3.87. The smallest absolute Gasteiger partial charge is 0.443 e. The summed E-state index contributed by atoms with van der Waals surface area (Å²) in [5.41, 5.74) is 9.41. The van der Waals surface area contributed by atoms with Gasteiger partial charge in [-0.2, -0.15) is 0 Å². The molecule has 0 saturated carbocycles. The topological polar surface area (TPSA) is 58.1 Å². The fourth-order valence-electron chi connectivity index (χ4n) is 2.02. The Hall–Kier alpha value is -2.00. The molecule has 0 atom stereocenters. The molecule has 0 unspecified atom stereocenters. The van der Waals surface area contributed by atoms with Crippen LogP contribution < -0.4 is 14.4 Å². The molecule has 1 aliphatic rings. The lowest BCUT2D eigenvalue weighted by molar-refractivity contribution is -0.0150. The Bertz CT molecular complexity index is 435. The highest BCUT2D eigenvalue weighted by atomic mass is 16.5. The summed E-state index contributed by atoms with van der Waals surface area (Å²) in [6.07, 6.45) is 3.40. The maximum absolute atomic E-state index is 8.41. The molecule has 2 rings (SSSR count). The Balaban J connectivity index is 2.31. The van der Waals surface area contributed by atoms with Crippen LogP contribution >= 0.6 is 0 Å². The van der Waals surface area contributed by atoms with Gasteiger partial charge in [-0.15, -0.1) is 4.79 Å². The van der Waals surface area contributed by atoms with E-state index in [4.69, 9.17) is 15.0 Å². The molecule has 1 heterocycles. The van der Waals surface area contributed by atoms with Crippen molar-refractivity contribution in [3.63, 3.8) is 0 Å². The van der Waals surface area contributed by atoms with Gasteiger partial charge in [-0.3, -0.25) is 0 Å². The van der Waals surface area contributed by atoms with Crippen LogP contribution in [0.1, 0.15) is 12.8 Å². The van der Waals surface area contributed by atoms with Crippen molar-refractivity contribution in [3.8, 4) is 11.5 Å². The molecule has 1 aromatic rings. The first-order valence-electron chi connectivity index (χ1n) is 5.60. The molecule has 5 nitrogen and oxygen atoms in total. The third-order valence-electron chi connectivity index (χ3n) is 2.84. The van der Waals surface area contributed by atoms with E-state index in [0.717, 1.165) is 25.2 Å². The molecule has 90 valence electrons. The second-order valence-electron chi connectivity index (χ2n) is 3.87. The average Bonchev–Trinajstić information content (AvgIpc) is 2.89. The summed E-state index contributed by atoms with van der Waals surface area (Å²) in [6, 6.07) is 5.65. The highest BCUT2D eigenvalue weighted by Gasteiger charge is 2.17. The number of hydrogen-bond acceptors (Lipinski definition) is 3. The normalized spacial score (nSPS) is 14.3. The summed E-state index contributed by atoms with van der Waals surface area (Å²) >= 11 is 0. The predicted octanol–water partition coefficient (Wildman–Crippen LogP) is 1.93. The molecule has 1 fully saturated rings. The van der Waals surface area contributed by atoms with Gasteiger partial charge in [-0.25, -0.2) is 0 Å². The Labute approximate surface area is 100 Å². The van der Waals surface area contributed by atoms with Gasteiger partial charge in [-0.05, 0) is 25.0 Å². The number of hydrogen-bond donors (Lipinski definition) is 0. The molecule has 17 heavy (non-hydrogen) atoms. The molecule has 0 N–H and O–H groups in total. The van der Waals surface area contributed by atoms with Crippen LogP contribution in [0.2, 0.25) is 0 Å². The molecule has 1 aromatic carbocycles. The molecule has 0 spiro atoms. The van der Waals surface area contributed by atoms with E-state index in [1.54, 1.807) is 13.2 Å². The number of rotatable bonds is 4. The molecular formula is C12H15N3O2. The van der Waals surface area contributed by atoms with Crippen LogP contribution in [0.15, 0.2) is 18.2 Å². The Kier molecular flexibility index (Phi) is 3.62. The summed E-state index contributed by atoms with van der Waals surface area (Å²) < 4.78 is 10.4. The minimum atomic E-state index is 0.643. The quantitative estimate of drug-likeness (QED) is 0.345. The largest absolute Gasteiger partial charge is 0.497 e. The van der Waals surface area contributed by atoms with E-state index >= 15 is 0 Å². The van der Waals surface area contributed by atoms with Crippen molar-refractivity contribution < 1.29 is 14.3 Å². The standard InChI is InChI=1S/C12H15N3O2/c1-16-10-4-5-11(15-6-2-3-7-15)12(8-10)17-9-14-13/h4-5,8-9H,2-3,6-7H2,1H3. The minimum Gasteiger partial charge on any atom is -0.497 e. The van der Waals surface area contributed by atoms with E-state index in [2.05, 4.69) is 9.69 Å². The highest BCUT2D eigenvalue weighted by molar-refractivity contribution is 5.65. The third-order valence-corrected chi connectivity index (χ3v) is 2.84. The van der Waals surface area contributed by atoms with Crippen LogP contribution in [0.5, 0.6) is 11.5 Å². The van der Waals surface area contributed by atoms with E-state index in [9.17, 15) is 0 Å². The Morgan fingerprint density at radius 3 is 2.76 bits per heavy atom. The van der Waals surface area contributed by atoms with Crippen LogP contribution in [-0.4, -0.2) is 31.4 Å². The highest BCUT2D eigenvalue weighted by Crippen LogP contribution is 2.33. The van der Waals surface area contributed by atoms with Gasteiger partial charge >= 0.3 is 6.40 Å². The van der Waals surface area contributed by atoms with Crippen LogP contribution in [0.4, 0.5) is 5.69 Å². The van der Waals surface area contributed by atoms with E-state index in [0.29, 0.717) is 11.5 Å². The third kappa shape index (κ3) is 2.57. The van der Waals surface area contributed by atoms with Crippen LogP contribution in [0.3, 0.4) is 0 Å². The molecule has 0 aliphatic carbocycles. The van der Waals surface area contributed by atoms with E-state index in [1.807, 2.05) is 12.1 Å². The van der Waals surface area contributed by atoms with E-state index < -0.39 is 0 Å². The number of anilines is 1. The molecule has 1 aliphatic heterocycles. The lowest BCUT2D eigenvalue weighted by atomic mass is 10.2. The predicted molar refractivity (Wildman–Crippen MR) is 64.8 cm³/mol. The monoisotopic (exact) mass is 233 g/mol. The molecule has 1 saturated heterocycles. The molecule has 0 radical (unpaired) electrons. The van der Waals surface area contributed by atoms with Crippen molar-refractivity contribution in [2.75, 3.05) is 25.1 Å². The van der Waals surface area contributed by atoms with Gasteiger partial charge in [-0.1, -0.05) is 0 Å². The van der Waals surface area contributed by atoms with Gasteiger partial charge in [0.15, 0.2) is 5.75 Å². The SMILES string of the molecule is COc1ccc(N2CCCC2)c(OC=[N+]=[N-])c1. The first-order chi connectivity index (χ1) is 8.35. The summed E-state index contributed by atoms with van der Waals surface area (Å²) in [6.45, 7) is 2.05. The van der Waals surface area contributed by atoms with Crippen LogP contribution in [0, 0.1) is 0 Å². The minimum absolute atomic E-state index is 0.643. The summed E-state index contributed by atoms with van der Waals surface area (Å²) in [5, 5.41) is 0. The van der Waals surface area contributed by atoms with Gasteiger partial charge in [0.05, 0.1) is 12.8 Å². The zero-order chi connectivity index (χ0) is 12.1. The fraction of sp³-hybridized carbons (Fsp3) is 0.417. The summed E-state index contributed by atoms with van der Waals surface area (Å²) in [4.78, 5) is 5.10. The first kappa shape index (κ1) is 11.5. The van der Waals surface area contributed by atoms with E-state index in [1.165, 1.54) is 12.8 Å². The van der Waals surface area contributed by atoms with E-state index in [-0.39, 0.29) is 0 Å². The van der Waals surface area contributed by atoms with Crippen molar-refractivity contribution in [2.45, 2.75) is 12.8 Å². The Morgan fingerprint density at radius 2 is 2.12 bits per heavy atom. The van der Waals surface area contributed by atoms with Crippen molar-refractivity contribution in [1.29, 1.82) is 0 Å². The fourth-order valence-corrected chi connectivity index (χ4v) is 2.02. The molecule has 0 aromatic heterocycles. The van der Waals surface area contributed by atoms with Crippen molar-refractivity contribution >= 4 is 12.1 Å². The lowest BCUT2D eigenvalue weighted by Gasteiger charge is -2.20. The van der Waals surface area contributed by atoms with Gasteiger partial charge in [0, 0.05) is 19.2 Å². The second kappa shape index (κ2) is 5.37. The molecule has 5 heteroatoms. The van der Waals surface area contributed by atoms with Crippen LogP contribution in [-0.2, 0) is 0 Å². The zero-order valence-electron chi connectivity index (χ0n) is 9.80. The van der Waals surface area contributed by atoms with Crippen molar-refractivity contribution in [1.82, 2.24) is 0 Å². The number of benzene rings is 1.